The van der Waals surface area contributed by atoms with Crippen LogP contribution in [0.5, 0.6) is 0 Å². The predicted molar refractivity (Wildman–Crippen MR) is 151 cm³/mol. The Balaban J connectivity index is 1.96. The second-order valence-electron chi connectivity index (χ2n) is 9.62. The summed E-state index contributed by atoms with van der Waals surface area (Å²) >= 11 is 0. The van der Waals surface area contributed by atoms with Crippen LogP contribution in [-0.4, -0.2) is 50.3 Å². The van der Waals surface area contributed by atoms with Crippen molar-refractivity contribution in [3.8, 4) is 0 Å². The first-order valence-electron chi connectivity index (χ1n) is 13.0. The van der Waals surface area contributed by atoms with Gasteiger partial charge in [0.05, 0.1) is 10.6 Å². The van der Waals surface area contributed by atoms with Crippen LogP contribution in [0.2, 0.25) is 0 Å². The van der Waals surface area contributed by atoms with Crippen molar-refractivity contribution in [3.05, 3.63) is 95.8 Å². The van der Waals surface area contributed by atoms with E-state index >= 15 is 0 Å². The van der Waals surface area contributed by atoms with E-state index in [1.807, 2.05) is 51.1 Å². The fourth-order valence-electron chi connectivity index (χ4n) is 4.01. The fraction of sp³-hybridized carbons (Fsp3) is 0.333. The Morgan fingerprint density at radius 3 is 2.13 bits per heavy atom. The normalized spacial score (nSPS) is 12.8. The Morgan fingerprint density at radius 1 is 0.923 bits per heavy atom. The molecule has 7 nitrogen and oxygen atoms in total. The van der Waals surface area contributed by atoms with Crippen LogP contribution in [0.25, 0.3) is 0 Å². The van der Waals surface area contributed by atoms with Crippen molar-refractivity contribution in [2.75, 3.05) is 17.4 Å². The first-order chi connectivity index (χ1) is 18.5. The van der Waals surface area contributed by atoms with Crippen molar-refractivity contribution in [3.63, 3.8) is 0 Å². The number of halogens is 1. The standard InChI is InChI=1S/C30H36FN3O4S/c1-5-23(3)32-30(36)24(4)33(20-19-25-9-7-6-8-10-25)29(35)21-34(27-15-13-26(31)14-16-27)39(37,38)28-17-11-22(2)12-18-28/h6-18,23-24H,5,19-21H2,1-4H3,(H,32,36)/t23-,24-/m0/s1. The molecule has 0 radical (unpaired) electrons. The van der Waals surface area contributed by atoms with Gasteiger partial charge in [0.25, 0.3) is 10.0 Å². The fourth-order valence-corrected chi connectivity index (χ4v) is 5.42. The zero-order chi connectivity index (χ0) is 28.6. The zero-order valence-electron chi connectivity index (χ0n) is 22.8. The monoisotopic (exact) mass is 553 g/mol. The molecule has 0 fully saturated rings. The number of rotatable bonds is 12. The number of nitrogens with zero attached hydrogens (tertiary/aromatic N) is 2. The number of nitrogens with one attached hydrogen (secondary N) is 1. The van der Waals surface area contributed by atoms with E-state index in [9.17, 15) is 22.4 Å². The van der Waals surface area contributed by atoms with Gasteiger partial charge in [0.2, 0.25) is 11.8 Å². The van der Waals surface area contributed by atoms with Gasteiger partial charge in [-0.25, -0.2) is 12.8 Å². The Kier molecular flexibility index (Phi) is 10.2. The van der Waals surface area contributed by atoms with Gasteiger partial charge in [0.1, 0.15) is 18.4 Å². The summed E-state index contributed by atoms with van der Waals surface area (Å²) in [5.74, 6) is -1.39. The Morgan fingerprint density at radius 2 is 1.54 bits per heavy atom. The third-order valence-corrected chi connectivity index (χ3v) is 8.44. The molecule has 0 heterocycles. The number of benzene rings is 3. The largest absolute Gasteiger partial charge is 0.352 e. The Labute approximate surface area is 230 Å². The van der Waals surface area contributed by atoms with E-state index in [4.69, 9.17) is 0 Å². The molecule has 39 heavy (non-hydrogen) atoms. The molecule has 2 amide bonds. The number of carbonyl (C=O) groups is 2. The lowest BCUT2D eigenvalue weighted by atomic mass is 10.1. The van der Waals surface area contributed by atoms with Gasteiger partial charge < -0.3 is 10.2 Å². The first kappa shape index (κ1) is 29.8. The summed E-state index contributed by atoms with van der Waals surface area (Å²) in [6, 6.07) is 19.8. The highest BCUT2D eigenvalue weighted by atomic mass is 32.2. The highest BCUT2D eigenvalue weighted by molar-refractivity contribution is 7.92. The van der Waals surface area contributed by atoms with Crippen LogP contribution in [0, 0.1) is 12.7 Å². The zero-order valence-corrected chi connectivity index (χ0v) is 23.6. The third kappa shape index (κ3) is 7.89. The van der Waals surface area contributed by atoms with Gasteiger partial charge >= 0.3 is 0 Å². The first-order valence-corrected chi connectivity index (χ1v) is 14.5. The number of aryl methyl sites for hydroxylation is 1. The van der Waals surface area contributed by atoms with Crippen molar-refractivity contribution in [2.45, 2.75) is 57.5 Å². The topological polar surface area (TPSA) is 86.8 Å². The summed E-state index contributed by atoms with van der Waals surface area (Å²) in [6.45, 7) is 6.96. The average Bonchev–Trinajstić information content (AvgIpc) is 2.93. The van der Waals surface area contributed by atoms with Crippen LogP contribution in [0.1, 0.15) is 38.3 Å². The smallest absolute Gasteiger partial charge is 0.264 e. The van der Waals surface area contributed by atoms with Crippen LogP contribution >= 0.6 is 0 Å². The van der Waals surface area contributed by atoms with E-state index in [2.05, 4.69) is 5.32 Å². The molecule has 0 aliphatic carbocycles. The molecule has 208 valence electrons. The number of amides is 2. The van der Waals surface area contributed by atoms with Gasteiger partial charge in [0, 0.05) is 12.6 Å². The number of hydrogen-bond acceptors (Lipinski definition) is 4. The third-order valence-electron chi connectivity index (χ3n) is 6.65. The molecular formula is C30H36FN3O4S. The molecule has 0 unspecified atom stereocenters. The lowest BCUT2D eigenvalue weighted by Gasteiger charge is -2.32. The molecule has 2 atom stereocenters. The summed E-state index contributed by atoms with van der Waals surface area (Å²) in [5.41, 5.74) is 2.00. The maximum Gasteiger partial charge on any atom is 0.264 e. The highest BCUT2D eigenvalue weighted by Crippen LogP contribution is 2.25. The molecule has 3 aromatic carbocycles. The molecule has 0 aromatic heterocycles. The van der Waals surface area contributed by atoms with Gasteiger partial charge in [-0.05, 0) is 75.6 Å². The van der Waals surface area contributed by atoms with Gasteiger partial charge in [-0.15, -0.1) is 0 Å². The molecule has 0 aliphatic rings. The summed E-state index contributed by atoms with van der Waals surface area (Å²) in [4.78, 5) is 28.3. The SMILES string of the molecule is CC[C@H](C)NC(=O)[C@H](C)N(CCc1ccccc1)C(=O)CN(c1ccc(F)cc1)S(=O)(=O)c1ccc(C)cc1. The van der Waals surface area contributed by atoms with Crippen molar-refractivity contribution in [2.24, 2.45) is 0 Å². The van der Waals surface area contributed by atoms with Crippen LogP contribution in [0.4, 0.5) is 10.1 Å². The van der Waals surface area contributed by atoms with E-state index in [-0.39, 0.29) is 29.1 Å². The molecule has 3 rings (SSSR count). The maximum absolute atomic E-state index is 13.8. The Bertz CT molecular complexity index is 1350. The van der Waals surface area contributed by atoms with Crippen LogP contribution in [0.3, 0.4) is 0 Å². The van der Waals surface area contributed by atoms with Crippen LogP contribution in [-0.2, 0) is 26.0 Å². The van der Waals surface area contributed by atoms with Gasteiger partial charge in [0.15, 0.2) is 0 Å². The number of anilines is 1. The second-order valence-corrected chi connectivity index (χ2v) is 11.5. The summed E-state index contributed by atoms with van der Waals surface area (Å²) in [5, 5.41) is 2.91. The van der Waals surface area contributed by atoms with Gasteiger partial charge in [-0.1, -0.05) is 55.0 Å². The number of sulfonamides is 1. The maximum atomic E-state index is 13.8. The molecule has 3 aromatic rings. The van der Waals surface area contributed by atoms with E-state index in [0.717, 1.165) is 34.0 Å². The molecule has 0 spiro atoms. The molecule has 1 N–H and O–H groups in total. The van der Waals surface area contributed by atoms with E-state index < -0.39 is 34.3 Å². The van der Waals surface area contributed by atoms with Crippen LogP contribution < -0.4 is 9.62 Å². The average molecular weight is 554 g/mol. The molecule has 0 saturated heterocycles. The molecule has 0 bridgehead atoms. The van der Waals surface area contributed by atoms with Gasteiger partial charge in [-0.2, -0.15) is 0 Å². The summed E-state index contributed by atoms with van der Waals surface area (Å²) in [6.07, 6.45) is 1.21. The van der Waals surface area contributed by atoms with Gasteiger partial charge in [-0.3, -0.25) is 13.9 Å². The Hall–Kier alpha value is -3.72. The van der Waals surface area contributed by atoms with Crippen molar-refractivity contribution in [1.29, 1.82) is 0 Å². The number of hydrogen-bond donors (Lipinski definition) is 1. The molecule has 0 aliphatic heterocycles. The minimum atomic E-state index is -4.19. The molecular weight excluding hydrogens is 517 g/mol. The van der Waals surface area contributed by atoms with E-state index in [1.165, 1.54) is 29.2 Å². The number of carbonyl (C=O) groups excluding carboxylic acids is 2. The molecule has 9 heteroatoms. The quantitative estimate of drug-likeness (QED) is 0.352. The van der Waals surface area contributed by atoms with E-state index in [1.54, 1.807) is 19.1 Å². The minimum Gasteiger partial charge on any atom is -0.352 e. The highest BCUT2D eigenvalue weighted by Gasteiger charge is 2.32. The molecule has 0 saturated carbocycles. The summed E-state index contributed by atoms with van der Waals surface area (Å²) in [7, 11) is -4.19. The van der Waals surface area contributed by atoms with Crippen molar-refractivity contribution >= 4 is 27.5 Å². The van der Waals surface area contributed by atoms with Crippen molar-refractivity contribution < 1.29 is 22.4 Å². The van der Waals surface area contributed by atoms with Crippen molar-refractivity contribution in [1.82, 2.24) is 10.2 Å². The minimum absolute atomic E-state index is 0.00335. The van der Waals surface area contributed by atoms with E-state index in [0.29, 0.717) is 6.42 Å². The lowest BCUT2D eigenvalue weighted by molar-refractivity contribution is -0.139. The lowest BCUT2D eigenvalue weighted by Crippen LogP contribution is -2.53. The predicted octanol–water partition coefficient (Wildman–Crippen LogP) is 4.70. The second kappa shape index (κ2) is 13.4. The van der Waals surface area contributed by atoms with Crippen LogP contribution in [0.15, 0.2) is 83.8 Å². The summed E-state index contributed by atoms with van der Waals surface area (Å²) < 4.78 is 42.1.